The summed E-state index contributed by atoms with van der Waals surface area (Å²) in [5.74, 6) is 0.108. The van der Waals surface area contributed by atoms with Gasteiger partial charge in [0, 0.05) is 38.1 Å². The fraction of sp³-hybridized carbons (Fsp3) is 0.536. The van der Waals surface area contributed by atoms with Crippen LogP contribution in [0.4, 0.5) is 13.2 Å². The van der Waals surface area contributed by atoms with Crippen molar-refractivity contribution in [1.82, 2.24) is 15.1 Å². The fourth-order valence-corrected chi connectivity index (χ4v) is 5.41. The van der Waals surface area contributed by atoms with E-state index in [2.05, 4.69) is 34.3 Å². The Hall–Kier alpha value is -2.58. The molecule has 4 rings (SSSR count). The van der Waals surface area contributed by atoms with Gasteiger partial charge in [-0.15, -0.1) is 0 Å². The van der Waals surface area contributed by atoms with Crippen molar-refractivity contribution in [2.24, 2.45) is 11.8 Å². The highest BCUT2D eigenvalue weighted by Crippen LogP contribution is 2.32. The SMILES string of the molecule is CN1CCCC1CCNC(=O)[C@@H]1C[C@H](COc2cccc(C(F)(F)F)c2)CN(Cc2ccccc2)C1. The maximum Gasteiger partial charge on any atom is 0.416 e. The first-order valence-electron chi connectivity index (χ1n) is 12.8. The van der Waals surface area contributed by atoms with E-state index < -0.39 is 11.7 Å². The van der Waals surface area contributed by atoms with E-state index in [1.165, 1.54) is 24.5 Å². The summed E-state index contributed by atoms with van der Waals surface area (Å²) in [7, 11) is 2.14. The van der Waals surface area contributed by atoms with Crippen LogP contribution in [-0.2, 0) is 17.5 Å². The summed E-state index contributed by atoms with van der Waals surface area (Å²) in [6.45, 7) is 4.15. The largest absolute Gasteiger partial charge is 0.493 e. The molecule has 0 radical (unpaired) electrons. The van der Waals surface area contributed by atoms with Crippen molar-refractivity contribution in [3.8, 4) is 5.75 Å². The van der Waals surface area contributed by atoms with Gasteiger partial charge in [0.25, 0.3) is 0 Å². The molecule has 3 atom stereocenters. The molecule has 1 unspecified atom stereocenters. The molecule has 0 spiro atoms. The van der Waals surface area contributed by atoms with E-state index in [1.54, 1.807) is 6.07 Å². The Labute approximate surface area is 211 Å². The minimum atomic E-state index is -4.41. The Morgan fingerprint density at radius 3 is 2.64 bits per heavy atom. The van der Waals surface area contributed by atoms with Crippen LogP contribution in [0.15, 0.2) is 54.6 Å². The van der Waals surface area contributed by atoms with Crippen LogP contribution in [0.1, 0.15) is 36.8 Å². The number of alkyl halides is 3. The highest BCUT2D eigenvalue weighted by atomic mass is 19.4. The van der Waals surface area contributed by atoms with Gasteiger partial charge in [-0.25, -0.2) is 0 Å². The van der Waals surface area contributed by atoms with Gasteiger partial charge >= 0.3 is 6.18 Å². The zero-order chi connectivity index (χ0) is 25.5. The Balaban J connectivity index is 1.37. The van der Waals surface area contributed by atoms with Gasteiger partial charge in [-0.05, 0) is 63.0 Å². The molecular formula is C28H36F3N3O2. The van der Waals surface area contributed by atoms with Crippen LogP contribution in [0.2, 0.25) is 0 Å². The molecule has 2 saturated heterocycles. The zero-order valence-electron chi connectivity index (χ0n) is 20.8. The topological polar surface area (TPSA) is 44.8 Å². The second-order valence-electron chi connectivity index (χ2n) is 10.2. The summed E-state index contributed by atoms with van der Waals surface area (Å²) in [5, 5.41) is 3.14. The van der Waals surface area contributed by atoms with E-state index in [4.69, 9.17) is 4.74 Å². The summed E-state index contributed by atoms with van der Waals surface area (Å²) < 4.78 is 45.0. The van der Waals surface area contributed by atoms with Crippen molar-refractivity contribution in [2.45, 2.75) is 44.4 Å². The van der Waals surface area contributed by atoms with Crippen LogP contribution >= 0.6 is 0 Å². The molecule has 0 bridgehead atoms. The number of rotatable bonds is 9. The molecule has 0 aromatic heterocycles. The predicted molar refractivity (Wildman–Crippen MR) is 134 cm³/mol. The van der Waals surface area contributed by atoms with Gasteiger partial charge in [-0.2, -0.15) is 13.2 Å². The zero-order valence-corrected chi connectivity index (χ0v) is 20.8. The van der Waals surface area contributed by atoms with Crippen molar-refractivity contribution >= 4 is 5.91 Å². The number of likely N-dealkylation sites (tertiary alicyclic amines) is 2. The molecule has 1 N–H and O–H groups in total. The maximum absolute atomic E-state index is 13.1. The van der Waals surface area contributed by atoms with E-state index >= 15 is 0 Å². The quantitative estimate of drug-likeness (QED) is 0.533. The van der Waals surface area contributed by atoms with Gasteiger partial charge in [0.15, 0.2) is 0 Å². The van der Waals surface area contributed by atoms with Gasteiger partial charge in [-0.1, -0.05) is 36.4 Å². The second-order valence-corrected chi connectivity index (χ2v) is 10.2. The summed E-state index contributed by atoms with van der Waals surface area (Å²) >= 11 is 0. The molecule has 2 aliphatic rings. The Bertz CT molecular complexity index is 986. The van der Waals surface area contributed by atoms with Crippen LogP contribution in [0.5, 0.6) is 5.75 Å². The number of piperidine rings is 1. The van der Waals surface area contributed by atoms with E-state index in [9.17, 15) is 18.0 Å². The van der Waals surface area contributed by atoms with E-state index in [0.29, 0.717) is 25.6 Å². The molecule has 0 aliphatic carbocycles. The van der Waals surface area contributed by atoms with Crippen LogP contribution in [0, 0.1) is 11.8 Å². The van der Waals surface area contributed by atoms with Crippen LogP contribution in [-0.4, -0.2) is 61.6 Å². The third-order valence-electron chi connectivity index (χ3n) is 7.33. The Kier molecular flexibility index (Phi) is 8.90. The van der Waals surface area contributed by atoms with Crippen molar-refractivity contribution in [1.29, 1.82) is 0 Å². The normalized spacial score (nSPS) is 23.5. The highest BCUT2D eigenvalue weighted by Gasteiger charge is 2.33. The summed E-state index contributed by atoms with van der Waals surface area (Å²) in [4.78, 5) is 17.7. The molecule has 1 amide bonds. The first-order valence-corrected chi connectivity index (χ1v) is 12.8. The minimum absolute atomic E-state index is 0.0359. The van der Waals surface area contributed by atoms with Gasteiger partial charge in [0.2, 0.25) is 5.91 Å². The lowest BCUT2D eigenvalue weighted by molar-refractivity contribution is -0.137. The number of carbonyl (C=O) groups is 1. The van der Waals surface area contributed by atoms with E-state index in [0.717, 1.165) is 38.2 Å². The first-order chi connectivity index (χ1) is 17.3. The summed E-state index contributed by atoms with van der Waals surface area (Å²) in [6.07, 6.45) is -0.424. The van der Waals surface area contributed by atoms with Crippen LogP contribution in [0.25, 0.3) is 0 Å². The summed E-state index contributed by atoms with van der Waals surface area (Å²) in [6, 6.07) is 15.6. The number of hydrogen-bond acceptors (Lipinski definition) is 4. The highest BCUT2D eigenvalue weighted by molar-refractivity contribution is 5.79. The minimum Gasteiger partial charge on any atom is -0.493 e. The van der Waals surface area contributed by atoms with Crippen molar-refractivity contribution in [3.63, 3.8) is 0 Å². The van der Waals surface area contributed by atoms with Crippen molar-refractivity contribution < 1.29 is 22.7 Å². The number of nitrogens with zero attached hydrogens (tertiary/aromatic N) is 2. The molecule has 196 valence electrons. The van der Waals surface area contributed by atoms with Gasteiger partial charge < -0.3 is 15.0 Å². The molecule has 2 aliphatic heterocycles. The van der Waals surface area contributed by atoms with Crippen LogP contribution < -0.4 is 10.1 Å². The lowest BCUT2D eigenvalue weighted by Crippen LogP contribution is -2.47. The van der Waals surface area contributed by atoms with Crippen molar-refractivity contribution in [3.05, 3.63) is 65.7 Å². The number of nitrogens with one attached hydrogen (secondary N) is 1. The fourth-order valence-electron chi connectivity index (χ4n) is 5.41. The van der Waals surface area contributed by atoms with E-state index in [-0.39, 0.29) is 30.1 Å². The molecule has 2 heterocycles. The predicted octanol–water partition coefficient (Wildman–Crippen LogP) is 4.82. The standard InChI is InChI=1S/C28H36F3N3O2/c1-33-14-6-10-25(33)12-13-32-27(35)23-15-22(18-34(19-23)17-21-7-3-2-4-8-21)20-36-26-11-5-9-24(16-26)28(29,30)31/h2-5,7-9,11,16,22-23,25H,6,10,12-15,17-20H2,1H3,(H,32,35)/t22-,23+,25?/m0/s1. The van der Waals surface area contributed by atoms with Crippen LogP contribution in [0.3, 0.4) is 0 Å². The third kappa shape index (κ3) is 7.46. The second kappa shape index (κ2) is 12.1. The monoisotopic (exact) mass is 503 g/mol. The Morgan fingerprint density at radius 1 is 1.11 bits per heavy atom. The number of benzene rings is 2. The molecule has 36 heavy (non-hydrogen) atoms. The lowest BCUT2D eigenvalue weighted by Gasteiger charge is -2.37. The maximum atomic E-state index is 13.1. The number of amides is 1. The number of carbonyl (C=O) groups excluding carboxylic acids is 1. The molecular weight excluding hydrogens is 467 g/mol. The average Bonchev–Trinajstić information content (AvgIpc) is 3.27. The number of ether oxygens (including phenoxy) is 1. The Morgan fingerprint density at radius 2 is 1.92 bits per heavy atom. The number of hydrogen-bond donors (Lipinski definition) is 1. The summed E-state index contributed by atoms with van der Waals surface area (Å²) in [5.41, 5.74) is 0.444. The molecule has 2 aromatic rings. The van der Waals surface area contributed by atoms with Gasteiger partial charge in [0.05, 0.1) is 18.1 Å². The molecule has 5 nitrogen and oxygen atoms in total. The van der Waals surface area contributed by atoms with Gasteiger partial charge in [0.1, 0.15) is 5.75 Å². The molecule has 2 aromatic carbocycles. The molecule has 8 heteroatoms. The number of halogens is 3. The lowest BCUT2D eigenvalue weighted by atomic mass is 9.88. The molecule has 0 saturated carbocycles. The smallest absolute Gasteiger partial charge is 0.416 e. The first kappa shape index (κ1) is 26.5. The average molecular weight is 504 g/mol. The molecule has 2 fully saturated rings. The van der Waals surface area contributed by atoms with Gasteiger partial charge in [-0.3, -0.25) is 9.69 Å². The third-order valence-corrected chi connectivity index (χ3v) is 7.33. The van der Waals surface area contributed by atoms with E-state index in [1.807, 2.05) is 18.2 Å². The van der Waals surface area contributed by atoms with Crippen molar-refractivity contribution in [2.75, 3.05) is 39.8 Å².